The molecule has 0 amide bonds. The van der Waals surface area contributed by atoms with E-state index in [4.69, 9.17) is 15.2 Å². The van der Waals surface area contributed by atoms with Crippen molar-refractivity contribution in [2.75, 3.05) is 18.9 Å². The first kappa shape index (κ1) is 16.4. The normalized spacial score (nSPS) is 14.7. The molecule has 3 rings (SSSR count). The minimum Gasteiger partial charge on any atom is -0.484 e. The molecule has 1 fully saturated rings. The fourth-order valence-electron chi connectivity index (χ4n) is 2.59. The molecular formula is C20H20FNO2. The van der Waals surface area contributed by atoms with E-state index >= 15 is 0 Å². The highest BCUT2D eigenvalue weighted by atomic mass is 19.1. The fourth-order valence-corrected chi connectivity index (χ4v) is 2.59. The van der Waals surface area contributed by atoms with Crippen molar-refractivity contribution in [2.45, 2.75) is 19.4 Å². The molecule has 4 heteroatoms. The Balaban J connectivity index is 1.82. The van der Waals surface area contributed by atoms with E-state index in [9.17, 15) is 4.39 Å². The molecule has 0 aliphatic carbocycles. The van der Waals surface area contributed by atoms with Gasteiger partial charge < -0.3 is 15.2 Å². The van der Waals surface area contributed by atoms with Crippen LogP contribution in [0.1, 0.15) is 24.0 Å². The summed E-state index contributed by atoms with van der Waals surface area (Å²) in [5, 5.41) is 0. The molecule has 2 aromatic carbocycles. The largest absolute Gasteiger partial charge is 0.484 e. The number of hydrogen-bond donors (Lipinski definition) is 1. The molecule has 2 aromatic rings. The summed E-state index contributed by atoms with van der Waals surface area (Å²) in [6.45, 7) is 1.71. The zero-order valence-corrected chi connectivity index (χ0v) is 13.4. The Bertz CT molecular complexity index is 743. The molecule has 0 aromatic heterocycles. The van der Waals surface area contributed by atoms with E-state index in [0.717, 1.165) is 31.6 Å². The van der Waals surface area contributed by atoms with Gasteiger partial charge in [0, 0.05) is 19.1 Å². The fraction of sp³-hybridized carbons (Fsp3) is 0.300. The molecule has 0 spiro atoms. The standard InChI is InChI=1S/C20H20FNO2/c21-18-8-9-19(22)17(7-6-15-10-12-23-13-11-15)20(18)24-14-16-4-2-1-3-5-16/h1-5,8-9,15H,10-14,22H2. The van der Waals surface area contributed by atoms with Crippen LogP contribution in [0.3, 0.4) is 0 Å². The number of nitrogen functional groups attached to an aromatic ring is 1. The van der Waals surface area contributed by atoms with Gasteiger partial charge in [0.2, 0.25) is 0 Å². The molecule has 2 N–H and O–H groups in total. The molecule has 0 bridgehead atoms. The van der Waals surface area contributed by atoms with Gasteiger partial charge in [0.1, 0.15) is 6.61 Å². The molecule has 124 valence electrons. The third kappa shape index (κ3) is 4.06. The first-order valence-electron chi connectivity index (χ1n) is 8.08. The van der Waals surface area contributed by atoms with Gasteiger partial charge in [-0.05, 0) is 30.5 Å². The molecule has 0 unspecified atom stereocenters. The Morgan fingerprint density at radius 3 is 2.62 bits per heavy atom. The van der Waals surface area contributed by atoms with Gasteiger partial charge in [-0.2, -0.15) is 0 Å². The Labute approximate surface area is 141 Å². The maximum Gasteiger partial charge on any atom is 0.173 e. The Morgan fingerprint density at radius 1 is 1.12 bits per heavy atom. The van der Waals surface area contributed by atoms with Crippen LogP contribution < -0.4 is 10.5 Å². The predicted octanol–water partition coefficient (Wildman–Crippen LogP) is 3.77. The van der Waals surface area contributed by atoms with Gasteiger partial charge in [-0.15, -0.1) is 0 Å². The number of halogens is 1. The van der Waals surface area contributed by atoms with Gasteiger partial charge in [0.05, 0.1) is 11.3 Å². The Morgan fingerprint density at radius 2 is 1.88 bits per heavy atom. The van der Waals surface area contributed by atoms with E-state index in [2.05, 4.69) is 11.8 Å². The van der Waals surface area contributed by atoms with E-state index < -0.39 is 5.82 Å². The SMILES string of the molecule is Nc1ccc(F)c(OCc2ccccc2)c1C#CC1CCOCC1. The van der Waals surface area contributed by atoms with Gasteiger partial charge in [0.15, 0.2) is 11.6 Å². The third-order valence-electron chi connectivity index (χ3n) is 3.99. The predicted molar refractivity (Wildman–Crippen MR) is 92.0 cm³/mol. The van der Waals surface area contributed by atoms with Gasteiger partial charge in [0.25, 0.3) is 0 Å². The number of hydrogen-bond acceptors (Lipinski definition) is 3. The van der Waals surface area contributed by atoms with Crippen molar-refractivity contribution < 1.29 is 13.9 Å². The molecule has 3 nitrogen and oxygen atoms in total. The van der Waals surface area contributed by atoms with Crippen molar-refractivity contribution in [2.24, 2.45) is 5.92 Å². The number of rotatable bonds is 3. The molecule has 0 saturated carbocycles. The second kappa shape index (κ2) is 7.85. The highest BCUT2D eigenvalue weighted by Gasteiger charge is 2.14. The van der Waals surface area contributed by atoms with Crippen LogP contribution in [0.4, 0.5) is 10.1 Å². The van der Waals surface area contributed by atoms with Crippen LogP contribution in [0.25, 0.3) is 0 Å². The van der Waals surface area contributed by atoms with Crippen molar-refractivity contribution >= 4 is 5.69 Å². The second-order valence-electron chi connectivity index (χ2n) is 5.77. The maximum atomic E-state index is 14.2. The quantitative estimate of drug-likeness (QED) is 0.690. The summed E-state index contributed by atoms with van der Waals surface area (Å²) in [4.78, 5) is 0. The Hall–Kier alpha value is -2.51. The van der Waals surface area contributed by atoms with Gasteiger partial charge in [-0.25, -0.2) is 4.39 Å². The van der Waals surface area contributed by atoms with Crippen LogP contribution in [-0.4, -0.2) is 13.2 Å². The van der Waals surface area contributed by atoms with Crippen molar-refractivity contribution in [3.05, 3.63) is 59.4 Å². The van der Waals surface area contributed by atoms with Crippen LogP contribution >= 0.6 is 0 Å². The van der Waals surface area contributed by atoms with E-state index in [-0.39, 0.29) is 18.3 Å². The van der Waals surface area contributed by atoms with Crippen molar-refractivity contribution in [1.29, 1.82) is 0 Å². The number of anilines is 1. The lowest BCUT2D eigenvalue weighted by atomic mass is 10.0. The third-order valence-corrected chi connectivity index (χ3v) is 3.99. The highest BCUT2D eigenvalue weighted by molar-refractivity contribution is 5.63. The summed E-state index contributed by atoms with van der Waals surface area (Å²) in [7, 11) is 0. The van der Waals surface area contributed by atoms with Gasteiger partial charge in [-0.3, -0.25) is 0 Å². The van der Waals surface area contributed by atoms with Gasteiger partial charge >= 0.3 is 0 Å². The zero-order chi connectivity index (χ0) is 16.8. The van der Waals surface area contributed by atoms with Crippen LogP contribution in [0, 0.1) is 23.6 Å². The summed E-state index contributed by atoms with van der Waals surface area (Å²) >= 11 is 0. The van der Waals surface area contributed by atoms with Crippen molar-refractivity contribution in [3.63, 3.8) is 0 Å². The number of ether oxygens (including phenoxy) is 2. The molecule has 1 aliphatic rings. The van der Waals surface area contributed by atoms with E-state index in [1.807, 2.05) is 30.3 Å². The monoisotopic (exact) mass is 325 g/mol. The second-order valence-corrected chi connectivity index (χ2v) is 5.77. The molecule has 1 heterocycles. The molecular weight excluding hydrogens is 305 g/mol. The zero-order valence-electron chi connectivity index (χ0n) is 13.4. The minimum absolute atomic E-state index is 0.124. The van der Waals surface area contributed by atoms with Crippen LogP contribution in [0.15, 0.2) is 42.5 Å². The summed E-state index contributed by atoms with van der Waals surface area (Å²) < 4.78 is 25.3. The highest BCUT2D eigenvalue weighted by Crippen LogP contribution is 2.28. The van der Waals surface area contributed by atoms with E-state index in [0.29, 0.717) is 11.3 Å². The molecule has 1 aliphatic heterocycles. The average Bonchev–Trinajstić information content (AvgIpc) is 2.63. The number of benzene rings is 2. The van der Waals surface area contributed by atoms with Crippen LogP contribution in [0.5, 0.6) is 5.75 Å². The molecule has 1 saturated heterocycles. The summed E-state index contributed by atoms with van der Waals surface area (Å²) in [6, 6.07) is 12.5. The van der Waals surface area contributed by atoms with E-state index in [1.165, 1.54) is 12.1 Å². The maximum absolute atomic E-state index is 14.2. The van der Waals surface area contributed by atoms with E-state index in [1.54, 1.807) is 0 Å². The Kier molecular flexibility index (Phi) is 5.35. The topological polar surface area (TPSA) is 44.5 Å². The first-order chi connectivity index (χ1) is 11.7. The summed E-state index contributed by atoms with van der Waals surface area (Å²) in [5.41, 5.74) is 7.82. The van der Waals surface area contributed by atoms with Crippen LogP contribution in [0.2, 0.25) is 0 Å². The van der Waals surface area contributed by atoms with Crippen molar-refractivity contribution in [3.8, 4) is 17.6 Å². The lowest BCUT2D eigenvalue weighted by Gasteiger charge is -2.17. The van der Waals surface area contributed by atoms with Gasteiger partial charge in [-0.1, -0.05) is 42.2 Å². The molecule has 0 radical (unpaired) electrons. The average molecular weight is 325 g/mol. The lowest BCUT2D eigenvalue weighted by molar-refractivity contribution is 0.0807. The lowest BCUT2D eigenvalue weighted by Crippen LogP contribution is -2.14. The summed E-state index contributed by atoms with van der Waals surface area (Å²) in [6.07, 6.45) is 1.78. The smallest absolute Gasteiger partial charge is 0.173 e. The molecule has 0 atom stereocenters. The summed E-state index contributed by atoms with van der Waals surface area (Å²) in [5.74, 6) is 6.15. The first-order valence-corrected chi connectivity index (χ1v) is 8.08. The minimum atomic E-state index is -0.448. The van der Waals surface area contributed by atoms with Crippen LogP contribution in [-0.2, 0) is 11.3 Å². The molecule has 24 heavy (non-hydrogen) atoms. The number of nitrogens with two attached hydrogens (primary N) is 1. The van der Waals surface area contributed by atoms with Crippen molar-refractivity contribution in [1.82, 2.24) is 0 Å².